The Balaban J connectivity index is 4.06. The van der Waals surface area contributed by atoms with E-state index >= 15 is 0 Å². The second-order valence-electron chi connectivity index (χ2n) is 4.83. The van der Waals surface area contributed by atoms with Gasteiger partial charge in [-0.05, 0) is 25.7 Å². The van der Waals surface area contributed by atoms with Crippen LogP contribution in [0.2, 0.25) is 0 Å². The highest BCUT2D eigenvalue weighted by Crippen LogP contribution is 2.15. The largest absolute Gasteiger partial charge is 0.376 e. The fraction of sp³-hybridized carbons (Fsp3) is 0.929. The third kappa shape index (κ3) is 6.79. The van der Waals surface area contributed by atoms with Crippen LogP contribution in [0.1, 0.15) is 59.8 Å². The normalized spacial score (nSPS) is 16.5. The molecule has 0 heterocycles. The SMILES string of the molecule is CCCCC(CC)COC(CC)C(N)C(C)=O. The molecule has 0 spiro atoms. The lowest BCUT2D eigenvalue weighted by molar-refractivity contribution is -0.122. The summed E-state index contributed by atoms with van der Waals surface area (Å²) in [6.45, 7) is 8.67. The van der Waals surface area contributed by atoms with E-state index in [0.29, 0.717) is 5.92 Å². The van der Waals surface area contributed by atoms with E-state index in [4.69, 9.17) is 10.5 Å². The smallest absolute Gasteiger partial charge is 0.149 e. The molecule has 0 bridgehead atoms. The van der Waals surface area contributed by atoms with E-state index in [1.54, 1.807) is 0 Å². The van der Waals surface area contributed by atoms with Crippen molar-refractivity contribution in [2.75, 3.05) is 6.61 Å². The Bertz CT molecular complexity index is 206. The molecule has 102 valence electrons. The molecule has 0 rings (SSSR count). The van der Waals surface area contributed by atoms with Gasteiger partial charge in [-0.25, -0.2) is 0 Å². The highest BCUT2D eigenvalue weighted by molar-refractivity contribution is 5.81. The van der Waals surface area contributed by atoms with Gasteiger partial charge in [-0.15, -0.1) is 0 Å². The molecule has 0 saturated heterocycles. The van der Waals surface area contributed by atoms with Gasteiger partial charge in [0.05, 0.1) is 12.1 Å². The predicted molar refractivity (Wildman–Crippen MR) is 72.0 cm³/mol. The lowest BCUT2D eigenvalue weighted by Gasteiger charge is -2.24. The molecule has 0 aliphatic heterocycles. The molecule has 2 N–H and O–H groups in total. The van der Waals surface area contributed by atoms with E-state index in [1.165, 1.54) is 26.2 Å². The van der Waals surface area contributed by atoms with Gasteiger partial charge < -0.3 is 10.5 Å². The van der Waals surface area contributed by atoms with Gasteiger partial charge in [0.25, 0.3) is 0 Å². The van der Waals surface area contributed by atoms with Crippen LogP contribution in [-0.4, -0.2) is 24.5 Å². The minimum absolute atomic E-state index is 0.0125. The molecule has 3 nitrogen and oxygen atoms in total. The number of carbonyl (C=O) groups is 1. The fourth-order valence-electron chi connectivity index (χ4n) is 1.90. The number of hydrogen-bond acceptors (Lipinski definition) is 3. The first-order chi connectivity index (χ1) is 8.06. The molecule has 0 aromatic rings. The van der Waals surface area contributed by atoms with Crippen LogP contribution in [0.5, 0.6) is 0 Å². The number of Topliss-reactive ketones (excluding diaryl/α,β-unsaturated/α-hetero) is 1. The van der Waals surface area contributed by atoms with Crippen LogP contribution in [0.15, 0.2) is 0 Å². The van der Waals surface area contributed by atoms with Gasteiger partial charge in [-0.3, -0.25) is 4.79 Å². The second-order valence-corrected chi connectivity index (χ2v) is 4.83. The molecule has 0 saturated carbocycles. The van der Waals surface area contributed by atoms with E-state index in [0.717, 1.165) is 19.4 Å². The van der Waals surface area contributed by atoms with Crippen LogP contribution in [0.4, 0.5) is 0 Å². The zero-order chi connectivity index (χ0) is 13.3. The number of unbranched alkanes of at least 4 members (excludes halogenated alkanes) is 1. The molecule has 0 aromatic heterocycles. The third-order valence-corrected chi connectivity index (χ3v) is 3.36. The summed E-state index contributed by atoms with van der Waals surface area (Å²) in [5.74, 6) is 0.613. The molecule has 3 heteroatoms. The molecule has 17 heavy (non-hydrogen) atoms. The summed E-state index contributed by atoms with van der Waals surface area (Å²) < 4.78 is 5.82. The standard InChI is InChI=1S/C14H29NO2/c1-5-8-9-12(6-2)10-17-13(7-3)14(15)11(4)16/h12-14H,5-10,15H2,1-4H3. The van der Waals surface area contributed by atoms with Gasteiger partial charge in [0.1, 0.15) is 5.78 Å². The van der Waals surface area contributed by atoms with Gasteiger partial charge in [0.2, 0.25) is 0 Å². The highest BCUT2D eigenvalue weighted by Gasteiger charge is 2.21. The number of nitrogens with two attached hydrogens (primary N) is 1. The third-order valence-electron chi connectivity index (χ3n) is 3.36. The van der Waals surface area contributed by atoms with Gasteiger partial charge >= 0.3 is 0 Å². The lowest BCUT2D eigenvalue weighted by atomic mass is 10.00. The minimum Gasteiger partial charge on any atom is -0.376 e. The van der Waals surface area contributed by atoms with Crippen LogP contribution in [0, 0.1) is 5.92 Å². The van der Waals surface area contributed by atoms with Crippen molar-refractivity contribution in [3.8, 4) is 0 Å². The second kappa shape index (κ2) is 9.60. The molecular weight excluding hydrogens is 214 g/mol. The molecule has 3 atom stereocenters. The quantitative estimate of drug-likeness (QED) is 0.642. The zero-order valence-electron chi connectivity index (χ0n) is 11.9. The van der Waals surface area contributed by atoms with Gasteiger partial charge in [-0.1, -0.05) is 40.0 Å². The zero-order valence-corrected chi connectivity index (χ0v) is 11.9. The van der Waals surface area contributed by atoms with Crippen LogP contribution >= 0.6 is 0 Å². The Kier molecular flexibility index (Phi) is 9.37. The molecule has 0 fully saturated rings. The average molecular weight is 243 g/mol. The van der Waals surface area contributed by atoms with Crippen molar-refractivity contribution in [2.45, 2.75) is 71.9 Å². The van der Waals surface area contributed by atoms with Crippen LogP contribution in [0.3, 0.4) is 0 Å². The molecular formula is C14H29NO2. The molecule has 0 aromatic carbocycles. The Hall–Kier alpha value is -0.410. The topological polar surface area (TPSA) is 52.3 Å². The summed E-state index contributed by atoms with van der Waals surface area (Å²) in [6, 6.07) is -0.469. The molecule has 0 amide bonds. The first-order valence-electron chi connectivity index (χ1n) is 6.94. The number of hydrogen-bond donors (Lipinski definition) is 1. The van der Waals surface area contributed by atoms with Crippen LogP contribution < -0.4 is 5.73 Å². The Morgan fingerprint density at radius 3 is 2.29 bits per heavy atom. The van der Waals surface area contributed by atoms with Gasteiger partial charge in [0.15, 0.2) is 0 Å². The van der Waals surface area contributed by atoms with E-state index in [2.05, 4.69) is 13.8 Å². The molecule has 0 radical (unpaired) electrons. The van der Waals surface area contributed by atoms with Crippen LogP contribution in [-0.2, 0) is 9.53 Å². The van der Waals surface area contributed by atoms with Crippen molar-refractivity contribution in [2.24, 2.45) is 11.7 Å². The van der Waals surface area contributed by atoms with Crippen molar-refractivity contribution in [1.29, 1.82) is 0 Å². The Morgan fingerprint density at radius 1 is 1.24 bits per heavy atom. The molecule has 3 unspecified atom stereocenters. The summed E-state index contributed by atoms with van der Waals surface area (Å²) in [7, 11) is 0. The molecule has 0 aliphatic rings. The predicted octanol–water partition coefficient (Wildman–Crippen LogP) is 2.91. The maximum absolute atomic E-state index is 11.2. The summed E-state index contributed by atoms with van der Waals surface area (Å²) in [5, 5.41) is 0. The fourth-order valence-corrected chi connectivity index (χ4v) is 1.90. The number of carbonyl (C=O) groups excluding carboxylic acids is 1. The first-order valence-corrected chi connectivity index (χ1v) is 6.94. The monoisotopic (exact) mass is 243 g/mol. The minimum atomic E-state index is -0.469. The number of rotatable bonds is 10. The van der Waals surface area contributed by atoms with Crippen LogP contribution in [0.25, 0.3) is 0 Å². The lowest BCUT2D eigenvalue weighted by Crippen LogP contribution is -2.42. The number of ketones is 1. The summed E-state index contributed by atoms with van der Waals surface area (Å²) >= 11 is 0. The van der Waals surface area contributed by atoms with Crippen molar-refractivity contribution < 1.29 is 9.53 Å². The first kappa shape index (κ1) is 16.6. The highest BCUT2D eigenvalue weighted by atomic mass is 16.5. The Labute approximate surface area is 106 Å². The van der Waals surface area contributed by atoms with E-state index in [-0.39, 0.29) is 11.9 Å². The maximum Gasteiger partial charge on any atom is 0.149 e. The van der Waals surface area contributed by atoms with Crippen molar-refractivity contribution in [3.63, 3.8) is 0 Å². The van der Waals surface area contributed by atoms with Crippen molar-refractivity contribution in [1.82, 2.24) is 0 Å². The summed E-state index contributed by atoms with van der Waals surface area (Å²) in [6.07, 6.45) is 5.48. The van der Waals surface area contributed by atoms with Crippen molar-refractivity contribution in [3.05, 3.63) is 0 Å². The van der Waals surface area contributed by atoms with Gasteiger partial charge in [-0.2, -0.15) is 0 Å². The Morgan fingerprint density at radius 2 is 1.88 bits per heavy atom. The van der Waals surface area contributed by atoms with Crippen molar-refractivity contribution >= 4 is 5.78 Å². The van der Waals surface area contributed by atoms with Gasteiger partial charge in [0, 0.05) is 6.61 Å². The van der Waals surface area contributed by atoms with E-state index < -0.39 is 6.04 Å². The van der Waals surface area contributed by atoms with E-state index in [1.807, 2.05) is 6.92 Å². The van der Waals surface area contributed by atoms with E-state index in [9.17, 15) is 4.79 Å². The maximum atomic E-state index is 11.2. The number of ether oxygens (including phenoxy) is 1. The average Bonchev–Trinajstić information content (AvgIpc) is 2.33. The molecule has 0 aliphatic carbocycles. The summed E-state index contributed by atoms with van der Waals surface area (Å²) in [4.78, 5) is 11.2. The summed E-state index contributed by atoms with van der Waals surface area (Å²) in [5.41, 5.74) is 5.82.